The average Bonchev–Trinajstić information content (AvgIpc) is 3.32. The maximum atomic E-state index is 13.3. The van der Waals surface area contributed by atoms with Crippen LogP contribution in [0.15, 0.2) is 48.9 Å². The molecule has 11 heteroatoms. The summed E-state index contributed by atoms with van der Waals surface area (Å²) in [7, 11) is 1.29. The zero-order chi connectivity index (χ0) is 21.3. The lowest BCUT2D eigenvalue weighted by Crippen LogP contribution is -2.23. The van der Waals surface area contributed by atoms with Crippen molar-refractivity contribution in [1.82, 2.24) is 29.6 Å². The van der Waals surface area contributed by atoms with E-state index in [0.29, 0.717) is 22.6 Å². The van der Waals surface area contributed by atoms with E-state index < -0.39 is 24.7 Å². The van der Waals surface area contributed by atoms with E-state index in [2.05, 4.69) is 25.4 Å². The molecule has 30 heavy (non-hydrogen) atoms. The van der Waals surface area contributed by atoms with Crippen LogP contribution >= 0.6 is 0 Å². The van der Waals surface area contributed by atoms with Crippen molar-refractivity contribution in [2.75, 3.05) is 7.11 Å². The largest absolute Gasteiger partial charge is 0.323 e. The van der Waals surface area contributed by atoms with Gasteiger partial charge in [0.05, 0.1) is 37.6 Å². The van der Waals surface area contributed by atoms with Crippen molar-refractivity contribution < 1.29 is 22.8 Å². The van der Waals surface area contributed by atoms with E-state index >= 15 is 0 Å². The molecule has 0 fully saturated rings. The van der Waals surface area contributed by atoms with Crippen LogP contribution in [-0.4, -0.2) is 43.6 Å². The zero-order valence-electron chi connectivity index (χ0n) is 15.6. The third kappa shape index (κ3) is 3.62. The lowest BCUT2D eigenvalue weighted by Gasteiger charge is -2.10. The lowest BCUT2D eigenvalue weighted by molar-refractivity contribution is 0.0530. The van der Waals surface area contributed by atoms with Gasteiger partial charge in [-0.25, -0.2) is 33.1 Å². The number of carbonyl (C=O) groups is 1. The first-order valence-electron chi connectivity index (χ1n) is 8.75. The molecular formula is C19H15F3N6O2. The second kappa shape index (κ2) is 7.95. The molecule has 0 spiro atoms. The molecule has 4 rings (SSSR count). The Morgan fingerprint density at radius 2 is 1.93 bits per heavy atom. The van der Waals surface area contributed by atoms with Crippen LogP contribution in [0.1, 0.15) is 10.5 Å². The maximum Gasteiger partial charge on any atom is 0.295 e. The minimum atomic E-state index is -2.63. The van der Waals surface area contributed by atoms with E-state index in [9.17, 15) is 18.0 Å². The number of carbonyl (C=O) groups excluding carboxylic acids is 1. The summed E-state index contributed by atoms with van der Waals surface area (Å²) in [5.41, 5.74) is 4.12. The maximum absolute atomic E-state index is 13.3. The van der Waals surface area contributed by atoms with Crippen LogP contribution in [0.5, 0.6) is 0 Å². The molecule has 0 saturated carbocycles. The number of rotatable bonds is 6. The Morgan fingerprint density at radius 1 is 1.17 bits per heavy atom. The summed E-state index contributed by atoms with van der Waals surface area (Å²) in [5.74, 6) is -1.01. The second-order valence-corrected chi connectivity index (χ2v) is 6.26. The van der Waals surface area contributed by atoms with E-state index in [1.54, 1.807) is 12.1 Å². The molecule has 3 heterocycles. The van der Waals surface area contributed by atoms with Gasteiger partial charge < -0.3 is 4.57 Å². The molecule has 8 nitrogen and oxygen atoms in total. The molecule has 0 aliphatic heterocycles. The molecule has 0 aliphatic carbocycles. The van der Waals surface area contributed by atoms with Gasteiger partial charge in [-0.2, -0.15) is 5.10 Å². The predicted octanol–water partition coefficient (Wildman–Crippen LogP) is 2.96. The molecule has 154 valence electrons. The lowest BCUT2D eigenvalue weighted by atomic mass is 10.1. The van der Waals surface area contributed by atoms with E-state index in [-0.39, 0.29) is 11.4 Å². The first-order valence-corrected chi connectivity index (χ1v) is 8.75. The number of nitrogens with one attached hydrogen (secondary N) is 1. The molecule has 0 saturated heterocycles. The molecule has 0 aliphatic rings. The number of amides is 1. The first-order chi connectivity index (χ1) is 14.5. The molecule has 0 unspecified atom stereocenters. The van der Waals surface area contributed by atoms with Gasteiger partial charge in [-0.15, -0.1) is 0 Å². The summed E-state index contributed by atoms with van der Waals surface area (Å²) in [6.07, 6.45) is -0.0323. The molecule has 3 aromatic heterocycles. The third-order valence-electron chi connectivity index (χ3n) is 4.32. The number of hydroxylamine groups is 1. The third-order valence-corrected chi connectivity index (χ3v) is 4.32. The Bertz CT molecular complexity index is 1200. The monoisotopic (exact) mass is 416 g/mol. The van der Waals surface area contributed by atoms with Crippen LogP contribution in [0.2, 0.25) is 0 Å². The van der Waals surface area contributed by atoms with Gasteiger partial charge in [-0.05, 0) is 36.4 Å². The molecule has 4 aromatic rings. The van der Waals surface area contributed by atoms with E-state index in [4.69, 9.17) is 0 Å². The van der Waals surface area contributed by atoms with Crippen LogP contribution in [0.25, 0.3) is 28.3 Å². The first kappa shape index (κ1) is 19.6. The highest BCUT2D eigenvalue weighted by atomic mass is 19.3. The molecule has 1 aromatic carbocycles. The highest BCUT2D eigenvalue weighted by Gasteiger charge is 2.21. The van der Waals surface area contributed by atoms with Crippen molar-refractivity contribution in [3.8, 4) is 22.6 Å². The number of benzene rings is 1. The molecule has 1 amide bonds. The normalized spacial score (nSPS) is 11.4. The van der Waals surface area contributed by atoms with Crippen molar-refractivity contribution in [1.29, 1.82) is 0 Å². The van der Waals surface area contributed by atoms with Gasteiger partial charge >= 0.3 is 0 Å². The SMILES string of the molecule is CONC(=O)c1cnc2ccc(-c3c(-c4ccc(F)cc4)ncn3CC(F)F)nn12. The van der Waals surface area contributed by atoms with Gasteiger partial charge in [0.25, 0.3) is 12.3 Å². The minimum absolute atomic E-state index is 0.0944. The summed E-state index contributed by atoms with van der Waals surface area (Å²) < 4.78 is 42.1. The van der Waals surface area contributed by atoms with Gasteiger partial charge in [-0.3, -0.25) is 9.63 Å². The number of aromatic nitrogens is 5. The fourth-order valence-electron chi connectivity index (χ4n) is 3.06. The standard InChI is InChI=1S/C19H15F3N6O2/c1-30-26-19(29)14-8-23-16-7-6-13(25-28(14)16)18-17(11-2-4-12(20)5-3-11)24-10-27(18)9-15(21)22/h2-8,10,15H,9H2,1H3,(H,26,29). The van der Waals surface area contributed by atoms with Gasteiger partial charge in [0, 0.05) is 5.56 Å². The fourth-order valence-corrected chi connectivity index (χ4v) is 3.06. The van der Waals surface area contributed by atoms with E-state index in [0.717, 1.165) is 0 Å². The molecule has 0 radical (unpaired) electrons. The van der Waals surface area contributed by atoms with Gasteiger partial charge in [0.15, 0.2) is 11.3 Å². The van der Waals surface area contributed by atoms with Crippen molar-refractivity contribution in [2.45, 2.75) is 13.0 Å². The highest BCUT2D eigenvalue weighted by molar-refractivity contribution is 5.92. The fraction of sp³-hybridized carbons (Fsp3) is 0.158. The Hall–Kier alpha value is -3.73. The van der Waals surface area contributed by atoms with Crippen LogP contribution in [0, 0.1) is 5.82 Å². The minimum Gasteiger partial charge on any atom is -0.323 e. The summed E-state index contributed by atoms with van der Waals surface area (Å²) in [5, 5.41) is 4.41. The Morgan fingerprint density at radius 3 is 2.63 bits per heavy atom. The molecule has 0 bridgehead atoms. The number of hydrogen-bond acceptors (Lipinski definition) is 5. The topological polar surface area (TPSA) is 86.3 Å². The number of nitrogens with zero attached hydrogens (tertiary/aromatic N) is 5. The van der Waals surface area contributed by atoms with E-state index in [1.165, 1.54) is 53.0 Å². The average molecular weight is 416 g/mol. The van der Waals surface area contributed by atoms with Crippen molar-refractivity contribution >= 4 is 11.6 Å². The quantitative estimate of drug-likeness (QED) is 0.489. The number of imidazole rings is 2. The van der Waals surface area contributed by atoms with Crippen molar-refractivity contribution in [2.24, 2.45) is 0 Å². The number of halogens is 3. The highest BCUT2D eigenvalue weighted by Crippen LogP contribution is 2.31. The van der Waals surface area contributed by atoms with Gasteiger partial charge in [-0.1, -0.05) is 0 Å². The Labute approximate surface area is 167 Å². The smallest absolute Gasteiger partial charge is 0.295 e. The number of fused-ring (bicyclic) bond motifs is 1. The Balaban J connectivity index is 1.88. The number of hydrogen-bond donors (Lipinski definition) is 1. The Kier molecular flexibility index (Phi) is 5.19. The van der Waals surface area contributed by atoms with Crippen LogP contribution in [0.3, 0.4) is 0 Å². The van der Waals surface area contributed by atoms with Gasteiger partial charge in [0.2, 0.25) is 0 Å². The van der Waals surface area contributed by atoms with Crippen LogP contribution in [-0.2, 0) is 11.4 Å². The second-order valence-electron chi connectivity index (χ2n) is 6.26. The van der Waals surface area contributed by atoms with Crippen LogP contribution < -0.4 is 5.48 Å². The number of alkyl halides is 2. The molecule has 1 N–H and O–H groups in total. The van der Waals surface area contributed by atoms with Crippen molar-refractivity contribution in [3.63, 3.8) is 0 Å². The summed E-state index contributed by atoms with van der Waals surface area (Å²) in [6, 6.07) is 8.70. The van der Waals surface area contributed by atoms with Gasteiger partial charge in [0.1, 0.15) is 11.5 Å². The molecular weight excluding hydrogens is 401 g/mol. The van der Waals surface area contributed by atoms with Crippen LogP contribution in [0.4, 0.5) is 13.2 Å². The summed E-state index contributed by atoms with van der Waals surface area (Å²) in [6.45, 7) is -0.607. The zero-order valence-corrected chi connectivity index (χ0v) is 15.6. The van der Waals surface area contributed by atoms with Crippen molar-refractivity contribution in [3.05, 3.63) is 60.4 Å². The summed E-state index contributed by atoms with van der Waals surface area (Å²) in [4.78, 5) is 25.1. The van der Waals surface area contributed by atoms with E-state index in [1.807, 2.05) is 0 Å². The predicted molar refractivity (Wildman–Crippen MR) is 100 cm³/mol. The molecule has 0 atom stereocenters. The summed E-state index contributed by atoms with van der Waals surface area (Å²) >= 11 is 0.